The minimum atomic E-state index is 0.605. The van der Waals surface area contributed by atoms with E-state index < -0.39 is 0 Å². The van der Waals surface area contributed by atoms with Crippen molar-refractivity contribution in [1.82, 2.24) is 20.2 Å². The van der Waals surface area contributed by atoms with E-state index in [0.29, 0.717) is 6.04 Å². The molecule has 1 aromatic heterocycles. The van der Waals surface area contributed by atoms with Crippen LogP contribution in [0.4, 0.5) is 5.69 Å². The molecule has 18 heavy (non-hydrogen) atoms. The van der Waals surface area contributed by atoms with Crippen LogP contribution in [-0.2, 0) is 0 Å². The van der Waals surface area contributed by atoms with Gasteiger partial charge in [0.25, 0.3) is 0 Å². The Morgan fingerprint density at radius 2 is 2.39 bits per heavy atom. The zero-order valence-corrected chi connectivity index (χ0v) is 11.0. The van der Waals surface area contributed by atoms with Crippen molar-refractivity contribution >= 4 is 17.4 Å². The van der Waals surface area contributed by atoms with E-state index in [4.69, 9.17) is 0 Å². The van der Waals surface area contributed by atoms with E-state index in [1.807, 2.05) is 11.8 Å². The third kappa shape index (κ3) is 2.33. The first-order chi connectivity index (χ1) is 8.83. The van der Waals surface area contributed by atoms with Crippen molar-refractivity contribution in [2.75, 3.05) is 16.8 Å². The highest BCUT2D eigenvalue weighted by Gasteiger charge is 2.15. The minimum Gasteiger partial charge on any atom is -0.381 e. The average Bonchev–Trinajstić information content (AvgIpc) is 3.01. The lowest BCUT2D eigenvalue weighted by Gasteiger charge is -2.14. The Labute approximate surface area is 110 Å². The molecule has 94 valence electrons. The molecule has 1 aromatic carbocycles. The van der Waals surface area contributed by atoms with Crippen LogP contribution >= 0.6 is 11.8 Å². The highest BCUT2D eigenvalue weighted by molar-refractivity contribution is 7.99. The maximum atomic E-state index is 3.91. The van der Waals surface area contributed by atoms with Gasteiger partial charge in [-0.3, -0.25) is 0 Å². The number of hydrogen-bond acceptors (Lipinski definition) is 5. The number of aromatic nitrogens is 4. The molecule has 0 bridgehead atoms. The molecule has 0 amide bonds. The highest BCUT2D eigenvalue weighted by Crippen LogP contribution is 2.23. The summed E-state index contributed by atoms with van der Waals surface area (Å²) in [5.74, 6) is 2.47. The third-order valence-corrected chi connectivity index (χ3v) is 4.26. The zero-order valence-electron chi connectivity index (χ0n) is 10.2. The highest BCUT2D eigenvalue weighted by atomic mass is 32.2. The fourth-order valence-electron chi connectivity index (χ4n) is 2.16. The molecule has 0 spiro atoms. The zero-order chi connectivity index (χ0) is 12.4. The van der Waals surface area contributed by atoms with E-state index >= 15 is 0 Å². The summed E-state index contributed by atoms with van der Waals surface area (Å²) in [4.78, 5) is 0. The van der Waals surface area contributed by atoms with Crippen molar-refractivity contribution in [3.8, 4) is 5.69 Å². The van der Waals surface area contributed by atoms with Crippen LogP contribution in [0, 0.1) is 6.92 Å². The molecule has 1 aliphatic heterocycles. The summed E-state index contributed by atoms with van der Waals surface area (Å²) in [6.07, 6.45) is 2.86. The number of anilines is 1. The van der Waals surface area contributed by atoms with Crippen molar-refractivity contribution in [3.63, 3.8) is 0 Å². The Kier molecular flexibility index (Phi) is 3.19. The van der Waals surface area contributed by atoms with E-state index in [0.717, 1.165) is 11.3 Å². The largest absolute Gasteiger partial charge is 0.381 e. The predicted molar refractivity (Wildman–Crippen MR) is 73.2 cm³/mol. The van der Waals surface area contributed by atoms with Gasteiger partial charge >= 0.3 is 0 Å². The van der Waals surface area contributed by atoms with Crippen molar-refractivity contribution in [1.29, 1.82) is 0 Å². The van der Waals surface area contributed by atoms with Gasteiger partial charge in [-0.2, -0.15) is 11.8 Å². The smallest absolute Gasteiger partial charge is 0.143 e. The Hall–Kier alpha value is -1.56. The fourth-order valence-corrected chi connectivity index (χ4v) is 3.31. The van der Waals surface area contributed by atoms with Gasteiger partial charge in [-0.25, -0.2) is 4.68 Å². The van der Waals surface area contributed by atoms with Gasteiger partial charge in [-0.15, -0.1) is 5.10 Å². The Morgan fingerprint density at radius 1 is 1.44 bits per heavy atom. The molecule has 5 nitrogen and oxygen atoms in total. The second kappa shape index (κ2) is 4.97. The summed E-state index contributed by atoms with van der Waals surface area (Å²) in [5, 5.41) is 14.8. The number of nitrogens with zero attached hydrogens (tertiary/aromatic N) is 4. The maximum Gasteiger partial charge on any atom is 0.143 e. The average molecular weight is 261 g/mol. The number of rotatable bonds is 3. The van der Waals surface area contributed by atoms with E-state index in [1.54, 1.807) is 11.0 Å². The molecule has 6 heteroatoms. The van der Waals surface area contributed by atoms with Gasteiger partial charge in [0.1, 0.15) is 6.33 Å². The van der Waals surface area contributed by atoms with Gasteiger partial charge in [0, 0.05) is 17.5 Å². The molecule has 1 atom stereocenters. The van der Waals surface area contributed by atoms with Gasteiger partial charge in [0.2, 0.25) is 0 Å². The van der Waals surface area contributed by atoms with Crippen molar-refractivity contribution < 1.29 is 0 Å². The first-order valence-corrected chi connectivity index (χ1v) is 7.17. The molecule has 2 heterocycles. The molecule has 3 rings (SSSR count). The summed E-state index contributed by atoms with van der Waals surface area (Å²) >= 11 is 2.01. The van der Waals surface area contributed by atoms with Crippen molar-refractivity contribution in [2.24, 2.45) is 0 Å². The van der Waals surface area contributed by atoms with Gasteiger partial charge in [0.15, 0.2) is 0 Å². The van der Waals surface area contributed by atoms with Crippen molar-refractivity contribution in [2.45, 2.75) is 19.4 Å². The van der Waals surface area contributed by atoms with Crippen LogP contribution in [0.3, 0.4) is 0 Å². The summed E-state index contributed by atoms with van der Waals surface area (Å²) in [6.45, 7) is 2.07. The number of nitrogens with one attached hydrogen (secondary N) is 1. The van der Waals surface area contributed by atoms with Gasteiger partial charge in [-0.05, 0) is 53.3 Å². The van der Waals surface area contributed by atoms with Crippen LogP contribution in [0.25, 0.3) is 5.69 Å². The molecule has 0 saturated carbocycles. The first kappa shape index (κ1) is 11.5. The van der Waals surface area contributed by atoms with Crippen LogP contribution in [0.1, 0.15) is 12.0 Å². The number of thioether (sulfide) groups is 1. The van der Waals surface area contributed by atoms with Crippen LogP contribution in [0.2, 0.25) is 0 Å². The molecule has 1 aliphatic rings. The van der Waals surface area contributed by atoms with Gasteiger partial charge < -0.3 is 5.32 Å². The molecule has 1 N–H and O–H groups in total. The summed E-state index contributed by atoms with van der Waals surface area (Å²) in [6, 6.07) is 6.90. The quantitative estimate of drug-likeness (QED) is 0.914. The lowest BCUT2D eigenvalue weighted by molar-refractivity contribution is 0.784. The van der Waals surface area contributed by atoms with Crippen molar-refractivity contribution in [3.05, 3.63) is 30.1 Å². The molecular weight excluding hydrogens is 246 g/mol. The van der Waals surface area contributed by atoms with Crippen LogP contribution in [0.5, 0.6) is 0 Å². The van der Waals surface area contributed by atoms with E-state index in [2.05, 4.69) is 46.0 Å². The Balaban J connectivity index is 1.80. The van der Waals surface area contributed by atoms with E-state index in [1.165, 1.54) is 23.6 Å². The normalized spacial score (nSPS) is 19.1. The standard InChI is InChI=1S/C12H15N5S/c1-9-6-10(14-11-4-5-18-7-11)2-3-12(9)17-8-13-15-16-17/h2-3,6,8,11,14H,4-5,7H2,1H3. The Bertz CT molecular complexity index is 519. The number of benzene rings is 1. The topological polar surface area (TPSA) is 55.6 Å². The molecule has 0 radical (unpaired) electrons. The SMILES string of the molecule is Cc1cc(NC2CCSC2)ccc1-n1cnnn1. The summed E-state index contributed by atoms with van der Waals surface area (Å²) in [7, 11) is 0. The second-order valence-electron chi connectivity index (χ2n) is 4.46. The fraction of sp³-hybridized carbons (Fsp3) is 0.417. The maximum absolute atomic E-state index is 3.91. The number of tetrazole rings is 1. The number of hydrogen-bond donors (Lipinski definition) is 1. The first-order valence-electron chi connectivity index (χ1n) is 6.01. The van der Waals surface area contributed by atoms with Crippen LogP contribution < -0.4 is 5.32 Å². The monoisotopic (exact) mass is 261 g/mol. The van der Waals surface area contributed by atoms with Crippen LogP contribution in [-0.4, -0.2) is 37.8 Å². The minimum absolute atomic E-state index is 0.605. The molecule has 1 unspecified atom stereocenters. The number of aryl methyl sites for hydroxylation is 1. The van der Waals surface area contributed by atoms with Gasteiger partial charge in [-0.1, -0.05) is 0 Å². The second-order valence-corrected chi connectivity index (χ2v) is 5.61. The molecule has 1 fully saturated rings. The molecule has 0 aliphatic carbocycles. The molecule has 2 aromatic rings. The molecular formula is C12H15N5S. The molecule has 1 saturated heterocycles. The Morgan fingerprint density at radius 3 is 3.06 bits per heavy atom. The predicted octanol–water partition coefficient (Wildman–Crippen LogP) is 1.89. The lowest BCUT2D eigenvalue weighted by atomic mass is 10.1. The summed E-state index contributed by atoms with van der Waals surface area (Å²) in [5.41, 5.74) is 3.36. The third-order valence-electron chi connectivity index (χ3n) is 3.09. The lowest BCUT2D eigenvalue weighted by Crippen LogP contribution is -2.18. The van der Waals surface area contributed by atoms with Gasteiger partial charge in [0.05, 0.1) is 5.69 Å². The van der Waals surface area contributed by atoms with E-state index in [9.17, 15) is 0 Å². The van der Waals surface area contributed by atoms with E-state index in [-0.39, 0.29) is 0 Å². The van der Waals surface area contributed by atoms with Crippen LogP contribution in [0.15, 0.2) is 24.5 Å². The summed E-state index contributed by atoms with van der Waals surface area (Å²) < 4.78 is 1.69.